The zero-order chi connectivity index (χ0) is 11.1. The number of carbonyl (C=O) groups excluding carboxylic acids is 1. The van der Waals surface area contributed by atoms with Gasteiger partial charge in [0.2, 0.25) is 0 Å². The third-order valence-corrected chi connectivity index (χ3v) is 1.90. The van der Waals surface area contributed by atoms with Gasteiger partial charge < -0.3 is 4.74 Å². The van der Waals surface area contributed by atoms with Gasteiger partial charge in [0.15, 0.2) is 0 Å². The van der Waals surface area contributed by atoms with Crippen LogP contribution >= 0.6 is 0 Å². The van der Waals surface area contributed by atoms with Crippen molar-refractivity contribution in [1.82, 2.24) is 0 Å². The fourth-order valence-electron chi connectivity index (χ4n) is 1.07. The predicted octanol–water partition coefficient (Wildman–Crippen LogP) is 2.24. The molecule has 0 atom stereocenters. The first-order valence-electron chi connectivity index (χ1n) is 4.56. The number of benzene rings is 1. The van der Waals surface area contributed by atoms with Gasteiger partial charge in [0, 0.05) is 5.56 Å². The first-order valence-corrected chi connectivity index (χ1v) is 4.56. The van der Waals surface area contributed by atoms with Gasteiger partial charge >= 0.3 is 5.97 Å². The second-order valence-electron chi connectivity index (χ2n) is 2.95. The minimum atomic E-state index is -0.244. The zero-order valence-corrected chi connectivity index (χ0v) is 8.57. The maximum Gasteiger partial charge on any atom is 0.309 e. The highest BCUT2D eigenvalue weighted by molar-refractivity contribution is 5.72. The molecule has 0 aliphatic rings. The summed E-state index contributed by atoms with van der Waals surface area (Å²) in [7, 11) is 1.37. The quantitative estimate of drug-likeness (QED) is 0.552. The van der Waals surface area contributed by atoms with E-state index in [0.29, 0.717) is 0 Å². The van der Waals surface area contributed by atoms with Gasteiger partial charge in [0.25, 0.3) is 0 Å². The van der Waals surface area contributed by atoms with Gasteiger partial charge in [-0.3, -0.25) is 4.79 Å². The predicted molar refractivity (Wildman–Crippen MR) is 60.0 cm³/mol. The molecule has 0 spiro atoms. The first kappa shape index (κ1) is 11.1. The smallest absolute Gasteiger partial charge is 0.309 e. The summed E-state index contributed by atoms with van der Waals surface area (Å²) in [5.41, 5.74) is 1.86. The number of methoxy groups -OCH3 is 1. The van der Waals surface area contributed by atoms with Gasteiger partial charge in [-0.15, -0.1) is 6.42 Å². The molecule has 0 aliphatic carbocycles. The molecule has 1 rings (SSSR count). The molecule has 1 aromatic carbocycles. The monoisotopic (exact) mass is 200 g/mol. The van der Waals surface area contributed by atoms with Crippen molar-refractivity contribution in [3.63, 3.8) is 0 Å². The van der Waals surface area contributed by atoms with E-state index in [4.69, 9.17) is 6.42 Å². The lowest BCUT2D eigenvalue weighted by molar-refractivity contribution is -0.139. The normalized spacial score (nSPS) is 9.87. The van der Waals surface area contributed by atoms with Crippen molar-refractivity contribution in [3.8, 4) is 12.3 Å². The van der Waals surface area contributed by atoms with Gasteiger partial charge in [0.05, 0.1) is 13.5 Å². The third kappa shape index (κ3) is 3.70. The highest BCUT2D eigenvalue weighted by Gasteiger charge is 1.94. The summed E-state index contributed by atoms with van der Waals surface area (Å²) < 4.78 is 4.51. The second-order valence-corrected chi connectivity index (χ2v) is 2.95. The fourth-order valence-corrected chi connectivity index (χ4v) is 1.07. The molecule has 0 heterocycles. The van der Waals surface area contributed by atoms with Crippen LogP contribution in [0.4, 0.5) is 0 Å². The standard InChI is InChI=1S/C13H12O2/c1-3-11-7-9-12(10-8-11)5-4-6-13(14)15-2/h1,4-5,7-10H,6H2,2H3. The SMILES string of the molecule is C#Cc1ccc(C=CCC(=O)OC)cc1. The van der Waals surface area contributed by atoms with E-state index in [2.05, 4.69) is 10.7 Å². The van der Waals surface area contributed by atoms with Crippen molar-refractivity contribution >= 4 is 12.0 Å². The molecule has 0 aliphatic heterocycles. The molecule has 1 aromatic rings. The molecular formula is C13H12O2. The molecule has 0 fully saturated rings. The van der Waals surface area contributed by atoms with E-state index >= 15 is 0 Å². The maximum atomic E-state index is 10.8. The van der Waals surface area contributed by atoms with Crippen LogP contribution in [-0.4, -0.2) is 13.1 Å². The zero-order valence-electron chi connectivity index (χ0n) is 8.57. The second kappa shape index (κ2) is 5.66. The Labute approximate surface area is 89.6 Å². The van der Waals surface area contributed by atoms with Crippen molar-refractivity contribution in [1.29, 1.82) is 0 Å². The summed E-state index contributed by atoms with van der Waals surface area (Å²) in [6, 6.07) is 7.53. The molecule has 0 amide bonds. The molecule has 0 radical (unpaired) electrons. The van der Waals surface area contributed by atoms with Crippen LogP contribution < -0.4 is 0 Å². The molecule has 76 valence electrons. The van der Waals surface area contributed by atoms with Crippen molar-refractivity contribution < 1.29 is 9.53 Å². The summed E-state index contributed by atoms with van der Waals surface area (Å²) in [6.45, 7) is 0. The number of hydrogen-bond acceptors (Lipinski definition) is 2. The Morgan fingerprint density at radius 2 is 2.13 bits per heavy atom. The van der Waals surface area contributed by atoms with E-state index in [1.54, 1.807) is 6.08 Å². The van der Waals surface area contributed by atoms with Crippen molar-refractivity contribution in [3.05, 3.63) is 41.5 Å². The number of hydrogen-bond donors (Lipinski definition) is 0. The number of terminal acetylenes is 1. The van der Waals surface area contributed by atoms with E-state index < -0.39 is 0 Å². The topological polar surface area (TPSA) is 26.3 Å². The Hall–Kier alpha value is -2.01. The minimum Gasteiger partial charge on any atom is -0.469 e. The molecule has 0 N–H and O–H groups in total. The molecule has 0 saturated carbocycles. The van der Waals surface area contributed by atoms with Crippen LogP contribution in [0.5, 0.6) is 0 Å². The molecule has 2 nitrogen and oxygen atoms in total. The van der Waals surface area contributed by atoms with Gasteiger partial charge in [-0.05, 0) is 17.7 Å². The number of esters is 1. The molecule has 0 unspecified atom stereocenters. The van der Waals surface area contributed by atoms with E-state index in [1.807, 2.05) is 30.3 Å². The lowest BCUT2D eigenvalue weighted by Crippen LogP contribution is -1.96. The largest absolute Gasteiger partial charge is 0.469 e. The van der Waals surface area contributed by atoms with E-state index in [-0.39, 0.29) is 12.4 Å². The Morgan fingerprint density at radius 3 is 2.67 bits per heavy atom. The Bertz CT molecular complexity index is 394. The fraction of sp³-hybridized carbons (Fsp3) is 0.154. The van der Waals surface area contributed by atoms with Crippen LogP contribution in [0.2, 0.25) is 0 Å². The summed E-state index contributed by atoms with van der Waals surface area (Å²) in [5.74, 6) is 2.30. The summed E-state index contributed by atoms with van der Waals surface area (Å²) >= 11 is 0. The molecule has 15 heavy (non-hydrogen) atoms. The van der Waals surface area contributed by atoms with Crippen molar-refractivity contribution in [2.45, 2.75) is 6.42 Å². The van der Waals surface area contributed by atoms with Crippen LogP contribution in [0, 0.1) is 12.3 Å². The summed E-state index contributed by atoms with van der Waals surface area (Å²) in [4.78, 5) is 10.8. The Balaban J connectivity index is 2.58. The number of ether oxygens (including phenoxy) is 1. The molecule has 0 saturated heterocycles. The van der Waals surface area contributed by atoms with Crippen LogP contribution in [0.15, 0.2) is 30.3 Å². The number of carbonyl (C=O) groups is 1. The van der Waals surface area contributed by atoms with Gasteiger partial charge in [0.1, 0.15) is 0 Å². The van der Waals surface area contributed by atoms with Crippen LogP contribution in [0.1, 0.15) is 17.5 Å². The highest BCUT2D eigenvalue weighted by Crippen LogP contribution is 2.05. The van der Waals surface area contributed by atoms with Gasteiger partial charge in [-0.2, -0.15) is 0 Å². The Morgan fingerprint density at radius 1 is 1.47 bits per heavy atom. The van der Waals surface area contributed by atoms with E-state index in [9.17, 15) is 4.79 Å². The Kier molecular flexibility index (Phi) is 4.18. The maximum absolute atomic E-state index is 10.8. The van der Waals surface area contributed by atoms with Gasteiger partial charge in [-0.25, -0.2) is 0 Å². The van der Waals surface area contributed by atoms with Crippen LogP contribution in [-0.2, 0) is 9.53 Å². The lowest BCUT2D eigenvalue weighted by atomic mass is 10.1. The molecular weight excluding hydrogens is 188 g/mol. The van der Waals surface area contributed by atoms with E-state index in [1.165, 1.54) is 7.11 Å². The molecule has 2 heteroatoms. The summed E-state index contributed by atoms with van der Waals surface area (Å²) in [5, 5.41) is 0. The first-order chi connectivity index (χ1) is 7.26. The highest BCUT2D eigenvalue weighted by atomic mass is 16.5. The minimum absolute atomic E-state index is 0.244. The van der Waals surface area contributed by atoms with Gasteiger partial charge in [-0.1, -0.05) is 30.2 Å². The van der Waals surface area contributed by atoms with Crippen LogP contribution in [0.3, 0.4) is 0 Å². The van der Waals surface area contributed by atoms with Crippen molar-refractivity contribution in [2.75, 3.05) is 7.11 Å². The average molecular weight is 200 g/mol. The third-order valence-electron chi connectivity index (χ3n) is 1.90. The van der Waals surface area contributed by atoms with Crippen LogP contribution in [0.25, 0.3) is 6.08 Å². The average Bonchev–Trinajstić information content (AvgIpc) is 2.29. The molecule has 0 aromatic heterocycles. The van der Waals surface area contributed by atoms with Crippen molar-refractivity contribution in [2.24, 2.45) is 0 Å². The number of rotatable bonds is 3. The van der Waals surface area contributed by atoms with E-state index in [0.717, 1.165) is 11.1 Å². The lowest BCUT2D eigenvalue weighted by Gasteiger charge is -1.94. The molecule has 0 bridgehead atoms. The summed E-state index contributed by atoms with van der Waals surface area (Å²) in [6.07, 6.45) is 9.13.